The fourth-order valence-electron chi connectivity index (χ4n) is 1.60. The van der Waals surface area contributed by atoms with Gasteiger partial charge in [-0.3, -0.25) is 0 Å². The van der Waals surface area contributed by atoms with E-state index in [9.17, 15) is 4.79 Å². The van der Waals surface area contributed by atoms with Gasteiger partial charge in [-0.2, -0.15) is 0 Å². The van der Waals surface area contributed by atoms with Gasteiger partial charge in [-0.25, -0.2) is 9.78 Å². The van der Waals surface area contributed by atoms with Crippen LogP contribution in [-0.2, 0) is 0 Å². The largest absolute Gasteiger partial charge is 0.497 e. The number of carbonyl (C=O) groups is 1. The first-order chi connectivity index (χ1) is 8.61. The summed E-state index contributed by atoms with van der Waals surface area (Å²) in [6, 6.07) is 8.94. The van der Waals surface area contributed by atoms with Crippen LogP contribution in [0.1, 0.15) is 10.5 Å². The van der Waals surface area contributed by atoms with Gasteiger partial charge in [-0.05, 0) is 23.8 Å². The number of aromatic nitrogens is 1. The van der Waals surface area contributed by atoms with Crippen molar-refractivity contribution in [3.63, 3.8) is 0 Å². The van der Waals surface area contributed by atoms with E-state index in [4.69, 9.17) is 15.6 Å². The molecule has 1 aromatic carbocycles. The number of hydrogen-bond acceptors (Lipinski definition) is 4. The highest BCUT2D eigenvalue weighted by molar-refractivity contribution is 5.92. The van der Waals surface area contributed by atoms with E-state index in [1.165, 1.54) is 6.20 Å². The Balaban J connectivity index is 2.39. The first kappa shape index (κ1) is 11.9. The van der Waals surface area contributed by atoms with E-state index in [1.807, 2.05) is 24.3 Å². The second-order valence-corrected chi connectivity index (χ2v) is 3.70. The summed E-state index contributed by atoms with van der Waals surface area (Å²) in [7, 11) is 1.59. The molecule has 0 aliphatic carbocycles. The van der Waals surface area contributed by atoms with Crippen LogP contribution in [0.3, 0.4) is 0 Å². The standard InChI is InChI=1S/C13H12N2O3/c1-18-10-4-2-8(3-5-10)9-6-11(14)12(13(16)17)15-7-9/h2-7H,14H2,1H3,(H,16,17). The number of ether oxygens (including phenoxy) is 1. The lowest BCUT2D eigenvalue weighted by molar-refractivity contribution is 0.0692. The van der Waals surface area contributed by atoms with Crippen LogP contribution in [0.5, 0.6) is 5.75 Å². The molecule has 1 aromatic heterocycles. The lowest BCUT2D eigenvalue weighted by atomic mass is 10.1. The normalized spacial score (nSPS) is 10.1. The molecule has 0 radical (unpaired) electrons. The molecular formula is C13H12N2O3. The fourth-order valence-corrected chi connectivity index (χ4v) is 1.60. The van der Waals surface area contributed by atoms with Crippen molar-refractivity contribution in [1.29, 1.82) is 0 Å². The molecule has 2 aromatic rings. The average Bonchev–Trinajstić information content (AvgIpc) is 2.38. The molecule has 3 N–H and O–H groups in total. The van der Waals surface area contributed by atoms with Crippen LogP contribution in [-0.4, -0.2) is 23.2 Å². The number of rotatable bonds is 3. The predicted octanol–water partition coefficient (Wildman–Crippen LogP) is 2.04. The number of aromatic carboxylic acids is 1. The maximum atomic E-state index is 10.8. The summed E-state index contributed by atoms with van der Waals surface area (Å²) >= 11 is 0. The van der Waals surface area contributed by atoms with Crippen molar-refractivity contribution in [1.82, 2.24) is 4.98 Å². The highest BCUT2D eigenvalue weighted by Crippen LogP contribution is 2.24. The van der Waals surface area contributed by atoms with E-state index in [0.717, 1.165) is 16.9 Å². The molecule has 2 rings (SSSR count). The van der Waals surface area contributed by atoms with Crippen LogP contribution in [0.4, 0.5) is 5.69 Å². The number of nitrogens with zero attached hydrogens (tertiary/aromatic N) is 1. The summed E-state index contributed by atoms with van der Waals surface area (Å²) in [5.74, 6) is -0.379. The summed E-state index contributed by atoms with van der Waals surface area (Å²) in [4.78, 5) is 14.6. The summed E-state index contributed by atoms with van der Waals surface area (Å²) in [5, 5.41) is 8.84. The molecule has 0 aliphatic heterocycles. The van der Waals surface area contributed by atoms with E-state index in [0.29, 0.717) is 0 Å². The van der Waals surface area contributed by atoms with Crippen LogP contribution >= 0.6 is 0 Å². The van der Waals surface area contributed by atoms with Crippen molar-refractivity contribution in [2.45, 2.75) is 0 Å². The number of hydrogen-bond donors (Lipinski definition) is 2. The molecule has 0 aliphatic rings. The quantitative estimate of drug-likeness (QED) is 0.862. The lowest BCUT2D eigenvalue weighted by Gasteiger charge is -2.06. The van der Waals surface area contributed by atoms with Gasteiger partial charge in [0.15, 0.2) is 5.69 Å². The number of methoxy groups -OCH3 is 1. The molecule has 5 heteroatoms. The Morgan fingerprint density at radius 2 is 1.94 bits per heavy atom. The number of benzene rings is 1. The molecular weight excluding hydrogens is 232 g/mol. The highest BCUT2D eigenvalue weighted by Gasteiger charge is 2.10. The van der Waals surface area contributed by atoms with Crippen molar-refractivity contribution in [2.75, 3.05) is 12.8 Å². The SMILES string of the molecule is COc1ccc(-c2cnc(C(=O)O)c(N)c2)cc1. The number of carboxylic acid groups (broad SMARTS) is 1. The van der Waals surface area contributed by atoms with Crippen molar-refractivity contribution in [2.24, 2.45) is 0 Å². The van der Waals surface area contributed by atoms with Gasteiger partial charge in [0.2, 0.25) is 0 Å². The van der Waals surface area contributed by atoms with E-state index < -0.39 is 5.97 Å². The fraction of sp³-hybridized carbons (Fsp3) is 0.0769. The van der Waals surface area contributed by atoms with Gasteiger partial charge in [-0.15, -0.1) is 0 Å². The third-order valence-electron chi connectivity index (χ3n) is 2.54. The topological polar surface area (TPSA) is 85.4 Å². The average molecular weight is 244 g/mol. The van der Waals surface area contributed by atoms with Crippen LogP contribution in [0.25, 0.3) is 11.1 Å². The maximum absolute atomic E-state index is 10.8. The Morgan fingerprint density at radius 1 is 1.28 bits per heavy atom. The first-order valence-electron chi connectivity index (χ1n) is 5.25. The van der Waals surface area contributed by atoms with Crippen LogP contribution in [0.2, 0.25) is 0 Å². The lowest BCUT2D eigenvalue weighted by Crippen LogP contribution is -2.05. The zero-order valence-corrected chi connectivity index (χ0v) is 9.75. The van der Waals surface area contributed by atoms with Crippen molar-refractivity contribution in [3.8, 4) is 16.9 Å². The highest BCUT2D eigenvalue weighted by atomic mass is 16.5. The minimum absolute atomic E-state index is 0.132. The van der Waals surface area contributed by atoms with Crippen molar-refractivity contribution >= 4 is 11.7 Å². The molecule has 1 heterocycles. The van der Waals surface area contributed by atoms with E-state index >= 15 is 0 Å². The van der Waals surface area contributed by atoms with Gasteiger partial charge in [0.25, 0.3) is 0 Å². The van der Waals surface area contributed by atoms with Gasteiger partial charge < -0.3 is 15.6 Å². The zero-order chi connectivity index (χ0) is 13.1. The second kappa shape index (κ2) is 4.75. The molecule has 0 amide bonds. The number of anilines is 1. The number of nitrogens with two attached hydrogens (primary N) is 1. The van der Waals surface area contributed by atoms with E-state index in [-0.39, 0.29) is 11.4 Å². The van der Waals surface area contributed by atoms with Crippen LogP contribution in [0, 0.1) is 0 Å². The molecule has 0 fully saturated rings. The van der Waals surface area contributed by atoms with Crippen LogP contribution in [0.15, 0.2) is 36.5 Å². The number of carboxylic acids is 1. The molecule has 0 unspecified atom stereocenters. The molecule has 0 saturated heterocycles. The second-order valence-electron chi connectivity index (χ2n) is 3.70. The summed E-state index contributed by atoms with van der Waals surface area (Å²) < 4.78 is 5.06. The van der Waals surface area contributed by atoms with Crippen molar-refractivity contribution in [3.05, 3.63) is 42.2 Å². The molecule has 18 heavy (non-hydrogen) atoms. The third-order valence-corrected chi connectivity index (χ3v) is 2.54. The molecule has 0 spiro atoms. The van der Waals surface area contributed by atoms with E-state index in [1.54, 1.807) is 13.2 Å². The first-order valence-corrected chi connectivity index (χ1v) is 5.25. The van der Waals surface area contributed by atoms with Crippen LogP contribution < -0.4 is 10.5 Å². The van der Waals surface area contributed by atoms with Gasteiger partial charge in [0, 0.05) is 11.8 Å². The van der Waals surface area contributed by atoms with Gasteiger partial charge >= 0.3 is 5.97 Å². The molecule has 0 saturated carbocycles. The van der Waals surface area contributed by atoms with Crippen molar-refractivity contribution < 1.29 is 14.6 Å². The minimum atomic E-state index is -1.13. The predicted molar refractivity (Wildman–Crippen MR) is 67.6 cm³/mol. The minimum Gasteiger partial charge on any atom is -0.497 e. The Morgan fingerprint density at radius 3 is 2.44 bits per heavy atom. The summed E-state index contributed by atoms with van der Waals surface area (Å²) in [5.41, 5.74) is 7.32. The summed E-state index contributed by atoms with van der Waals surface area (Å²) in [6.45, 7) is 0. The van der Waals surface area contributed by atoms with Gasteiger partial charge in [-0.1, -0.05) is 12.1 Å². The Kier molecular flexibility index (Phi) is 3.14. The Labute approximate surface area is 104 Å². The molecule has 5 nitrogen and oxygen atoms in total. The zero-order valence-electron chi connectivity index (χ0n) is 9.75. The van der Waals surface area contributed by atoms with E-state index in [2.05, 4.69) is 4.98 Å². The molecule has 0 bridgehead atoms. The number of nitrogen functional groups attached to an aromatic ring is 1. The maximum Gasteiger partial charge on any atom is 0.356 e. The van der Waals surface area contributed by atoms with Gasteiger partial charge in [0.05, 0.1) is 12.8 Å². The smallest absolute Gasteiger partial charge is 0.356 e. The van der Waals surface area contributed by atoms with Gasteiger partial charge in [0.1, 0.15) is 5.75 Å². The molecule has 92 valence electrons. The Bertz CT molecular complexity index is 579. The Hall–Kier alpha value is -2.56. The monoisotopic (exact) mass is 244 g/mol. The summed E-state index contributed by atoms with van der Waals surface area (Å²) in [6.07, 6.45) is 1.49. The molecule has 0 atom stereocenters. The third kappa shape index (κ3) is 2.24. The number of pyridine rings is 1.